The van der Waals surface area contributed by atoms with Gasteiger partial charge in [0.2, 0.25) is 0 Å². The zero-order valence-electron chi connectivity index (χ0n) is 10.7. The van der Waals surface area contributed by atoms with Crippen LogP contribution in [0.25, 0.3) is 0 Å². The third-order valence-corrected chi connectivity index (χ3v) is 2.92. The van der Waals surface area contributed by atoms with Crippen molar-refractivity contribution in [1.82, 2.24) is 4.90 Å². The highest BCUT2D eigenvalue weighted by atomic mass is 19.1. The van der Waals surface area contributed by atoms with Gasteiger partial charge in [-0.25, -0.2) is 8.78 Å². The van der Waals surface area contributed by atoms with Crippen molar-refractivity contribution in [2.45, 2.75) is 13.1 Å². The number of hydrogen-bond donors (Lipinski definition) is 1. The van der Waals surface area contributed by atoms with Crippen molar-refractivity contribution in [2.75, 3.05) is 12.8 Å². The van der Waals surface area contributed by atoms with Gasteiger partial charge in [-0.3, -0.25) is 4.90 Å². The molecule has 0 spiro atoms. The van der Waals surface area contributed by atoms with Crippen LogP contribution in [0.5, 0.6) is 0 Å². The average molecular weight is 262 g/mol. The van der Waals surface area contributed by atoms with Gasteiger partial charge in [-0.15, -0.1) is 0 Å². The molecule has 0 bridgehead atoms. The second-order valence-corrected chi connectivity index (χ2v) is 4.61. The van der Waals surface area contributed by atoms with Crippen LogP contribution >= 0.6 is 0 Å². The van der Waals surface area contributed by atoms with Crippen molar-refractivity contribution >= 4 is 5.69 Å². The summed E-state index contributed by atoms with van der Waals surface area (Å²) in [7, 11) is 1.88. The van der Waals surface area contributed by atoms with E-state index in [9.17, 15) is 8.78 Å². The largest absolute Gasteiger partial charge is 0.396 e. The summed E-state index contributed by atoms with van der Waals surface area (Å²) in [6.45, 7) is 1.09. The molecule has 0 aliphatic heterocycles. The van der Waals surface area contributed by atoms with Crippen LogP contribution < -0.4 is 5.73 Å². The molecule has 2 rings (SSSR count). The molecule has 0 aliphatic carbocycles. The van der Waals surface area contributed by atoms with Gasteiger partial charge >= 0.3 is 0 Å². The molecule has 100 valence electrons. The normalized spacial score (nSPS) is 10.9. The van der Waals surface area contributed by atoms with Crippen molar-refractivity contribution in [3.63, 3.8) is 0 Å². The van der Waals surface area contributed by atoms with Crippen molar-refractivity contribution < 1.29 is 8.78 Å². The minimum absolute atomic E-state index is 0.175. The van der Waals surface area contributed by atoms with Crippen LogP contribution in [0, 0.1) is 11.6 Å². The first-order valence-corrected chi connectivity index (χ1v) is 6.02. The van der Waals surface area contributed by atoms with Crippen LogP contribution in [0.2, 0.25) is 0 Å². The summed E-state index contributed by atoms with van der Waals surface area (Å²) in [6, 6.07) is 11.2. The Bertz CT molecular complexity index is 570. The Morgan fingerprint density at radius 3 is 2.53 bits per heavy atom. The predicted molar refractivity (Wildman–Crippen MR) is 72.4 cm³/mol. The fraction of sp³-hybridized carbons (Fsp3) is 0.200. The Morgan fingerprint density at radius 2 is 1.79 bits per heavy atom. The number of anilines is 1. The van der Waals surface area contributed by atoms with E-state index in [0.29, 0.717) is 13.1 Å². The molecule has 19 heavy (non-hydrogen) atoms. The molecule has 0 radical (unpaired) electrons. The zero-order valence-corrected chi connectivity index (χ0v) is 10.7. The molecule has 0 amide bonds. The van der Waals surface area contributed by atoms with Gasteiger partial charge in [-0.2, -0.15) is 0 Å². The van der Waals surface area contributed by atoms with Crippen molar-refractivity contribution in [3.8, 4) is 0 Å². The lowest BCUT2D eigenvalue weighted by Gasteiger charge is -2.18. The molecule has 0 aliphatic rings. The number of para-hydroxylation sites is 1. The van der Waals surface area contributed by atoms with E-state index < -0.39 is 5.82 Å². The molecule has 0 aromatic heterocycles. The van der Waals surface area contributed by atoms with Gasteiger partial charge in [-0.05, 0) is 36.4 Å². The Labute approximate surface area is 111 Å². The Hall–Kier alpha value is -1.94. The van der Waals surface area contributed by atoms with Crippen LogP contribution in [0.4, 0.5) is 14.5 Å². The van der Waals surface area contributed by atoms with E-state index in [1.165, 1.54) is 18.2 Å². The predicted octanol–water partition coefficient (Wildman–Crippen LogP) is 3.18. The monoisotopic (exact) mass is 262 g/mol. The number of nitrogens with two attached hydrogens (primary N) is 1. The standard InChI is InChI=1S/C15H16F2N2/c1-19(9-11-4-2-6-13(16)8-11)10-12-5-3-7-14(17)15(12)18/h2-8H,9-10,18H2,1H3. The smallest absolute Gasteiger partial charge is 0.146 e. The summed E-state index contributed by atoms with van der Waals surface area (Å²) in [4.78, 5) is 1.96. The molecule has 0 atom stereocenters. The Morgan fingerprint density at radius 1 is 1.05 bits per heavy atom. The fourth-order valence-corrected chi connectivity index (χ4v) is 2.01. The second-order valence-electron chi connectivity index (χ2n) is 4.61. The lowest BCUT2D eigenvalue weighted by molar-refractivity contribution is 0.318. The van der Waals surface area contributed by atoms with Crippen LogP contribution in [-0.4, -0.2) is 11.9 Å². The SMILES string of the molecule is CN(Cc1cccc(F)c1)Cc1cccc(F)c1N. The van der Waals surface area contributed by atoms with E-state index in [2.05, 4.69) is 0 Å². The molecular weight excluding hydrogens is 246 g/mol. The number of nitrogen functional groups attached to an aromatic ring is 1. The van der Waals surface area contributed by atoms with Crippen molar-refractivity contribution in [3.05, 3.63) is 65.2 Å². The summed E-state index contributed by atoms with van der Waals surface area (Å²) in [5.74, 6) is -0.659. The molecule has 2 aromatic carbocycles. The number of nitrogens with zero attached hydrogens (tertiary/aromatic N) is 1. The maximum Gasteiger partial charge on any atom is 0.146 e. The van der Waals surface area contributed by atoms with E-state index in [1.54, 1.807) is 18.2 Å². The highest BCUT2D eigenvalue weighted by Gasteiger charge is 2.08. The maximum absolute atomic E-state index is 13.3. The van der Waals surface area contributed by atoms with Crippen molar-refractivity contribution in [1.29, 1.82) is 0 Å². The number of halogens is 2. The van der Waals surface area contributed by atoms with E-state index in [1.807, 2.05) is 18.0 Å². The van der Waals surface area contributed by atoms with Crippen LogP contribution in [0.1, 0.15) is 11.1 Å². The van der Waals surface area contributed by atoms with Gasteiger partial charge < -0.3 is 5.73 Å². The van der Waals surface area contributed by atoms with E-state index in [-0.39, 0.29) is 11.5 Å². The summed E-state index contributed by atoms with van der Waals surface area (Å²) in [5, 5.41) is 0. The minimum atomic E-state index is -0.406. The molecule has 0 unspecified atom stereocenters. The van der Waals surface area contributed by atoms with Crippen LogP contribution in [0.15, 0.2) is 42.5 Å². The highest BCUT2D eigenvalue weighted by Crippen LogP contribution is 2.18. The quantitative estimate of drug-likeness (QED) is 0.857. The lowest BCUT2D eigenvalue weighted by Crippen LogP contribution is -2.18. The molecule has 4 heteroatoms. The second kappa shape index (κ2) is 5.80. The van der Waals surface area contributed by atoms with Gasteiger partial charge in [-0.1, -0.05) is 24.3 Å². The lowest BCUT2D eigenvalue weighted by atomic mass is 10.1. The molecule has 2 nitrogen and oxygen atoms in total. The minimum Gasteiger partial charge on any atom is -0.396 e. The van der Waals surface area contributed by atoms with Gasteiger partial charge in [0.15, 0.2) is 0 Å². The summed E-state index contributed by atoms with van der Waals surface area (Å²) in [5.41, 5.74) is 7.47. The van der Waals surface area contributed by atoms with Crippen LogP contribution in [-0.2, 0) is 13.1 Å². The fourth-order valence-electron chi connectivity index (χ4n) is 2.01. The maximum atomic E-state index is 13.3. The summed E-state index contributed by atoms with van der Waals surface area (Å²) in [6.07, 6.45) is 0. The molecule has 0 saturated heterocycles. The zero-order chi connectivity index (χ0) is 13.8. The van der Waals surface area contributed by atoms with Crippen LogP contribution in [0.3, 0.4) is 0 Å². The van der Waals surface area contributed by atoms with E-state index >= 15 is 0 Å². The topological polar surface area (TPSA) is 29.3 Å². The molecule has 0 heterocycles. The molecular formula is C15H16F2N2. The number of rotatable bonds is 4. The molecule has 0 saturated carbocycles. The third kappa shape index (κ3) is 3.51. The van der Waals surface area contributed by atoms with E-state index in [0.717, 1.165) is 11.1 Å². The first-order valence-electron chi connectivity index (χ1n) is 6.02. The van der Waals surface area contributed by atoms with Gasteiger partial charge in [0, 0.05) is 13.1 Å². The van der Waals surface area contributed by atoms with Gasteiger partial charge in [0.25, 0.3) is 0 Å². The average Bonchev–Trinajstić information content (AvgIpc) is 2.35. The summed E-state index contributed by atoms with van der Waals surface area (Å²) < 4.78 is 26.4. The first-order chi connectivity index (χ1) is 9.06. The van der Waals surface area contributed by atoms with Gasteiger partial charge in [0.05, 0.1) is 5.69 Å². The van der Waals surface area contributed by atoms with Crippen molar-refractivity contribution in [2.24, 2.45) is 0 Å². The molecule has 0 fully saturated rings. The number of benzene rings is 2. The molecule has 2 aromatic rings. The number of hydrogen-bond acceptors (Lipinski definition) is 2. The third-order valence-electron chi connectivity index (χ3n) is 2.92. The van der Waals surface area contributed by atoms with Gasteiger partial charge in [0.1, 0.15) is 11.6 Å². The first kappa shape index (κ1) is 13.5. The Balaban J connectivity index is 2.05. The van der Waals surface area contributed by atoms with E-state index in [4.69, 9.17) is 5.73 Å². The molecule has 2 N–H and O–H groups in total. The Kier molecular flexibility index (Phi) is 4.12. The summed E-state index contributed by atoms with van der Waals surface area (Å²) >= 11 is 0. The highest BCUT2D eigenvalue weighted by molar-refractivity contribution is 5.47.